The summed E-state index contributed by atoms with van der Waals surface area (Å²) < 4.78 is 4.84. The van der Waals surface area contributed by atoms with E-state index >= 15 is 0 Å². The molecule has 0 aliphatic rings. The molecule has 0 bridgehead atoms. The monoisotopic (exact) mass is 385 g/mol. The lowest BCUT2D eigenvalue weighted by Gasteiger charge is -2.09. The van der Waals surface area contributed by atoms with Crippen LogP contribution in [0.25, 0.3) is 0 Å². The van der Waals surface area contributed by atoms with Gasteiger partial charge in [0.1, 0.15) is 0 Å². The second kappa shape index (κ2) is 8.76. The number of aryl methyl sites for hydroxylation is 2. The number of nitro benzene ring substituents is 1. The Morgan fingerprint density at radius 2 is 1.79 bits per heavy atom. The molecule has 2 rings (SSSR count). The number of carbonyl (C=O) groups excluding carboxylic acids is 3. The quantitative estimate of drug-likeness (QED) is 0.463. The Morgan fingerprint density at radius 1 is 1.07 bits per heavy atom. The molecule has 28 heavy (non-hydrogen) atoms. The van der Waals surface area contributed by atoms with Gasteiger partial charge in [-0.25, -0.2) is 9.59 Å². The number of nitrogens with zero attached hydrogens (tertiary/aromatic N) is 1. The van der Waals surface area contributed by atoms with Crippen molar-refractivity contribution in [3.05, 3.63) is 68.8 Å². The predicted octanol–water partition coefficient (Wildman–Crippen LogP) is 3.03. The zero-order valence-electron chi connectivity index (χ0n) is 15.6. The van der Waals surface area contributed by atoms with E-state index in [1.807, 2.05) is 25.2 Å². The van der Waals surface area contributed by atoms with Gasteiger partial charge in [0.15, 0.2) is 6.61 Å². The van der Waals surface area contributed by atoms with Crippen molar-refractivity contribution in [3.63, 3.8) is 0 Å². The maximum absolute atomic E-state index is 12.1. The molecule has 0 spiro atoms. The first-order chi connectivity index (χ1) is 13.2. The number of hydrogen-bond donors (Lipinski definition) is 2. The summed E-state index contributed by atoms with van der Waals surface area (Å²) in [6.45, 7) is 4.52. The number of anilines is 1. The van der Waals surface area contributed by atoms with Gasteiger partial charge in [0, 0.05) is 17.3 Å². The summed E-state index contributed by atoms with van der Waals surface area (Å²) in [5.41, 5.74) is 2.42. The van der Waals surface area contributed by atoms with Crippen LogP contribution in [0.4, 0.5) is 16.2 Å². The molecule has 2 N–H and O–H groups in total. The number of hydrogen-bond acceptors (Lipinski definition) is 6. The van der Waals surface area contributed by atoms with Crippen molar-refractivity contribution in [2.24, 2.45) is 0 Å². The first kappa shape index (κ1) is 20.6. The van der Waals surface area contributed by atoms with Crippen LogP contribution in [0.2, 0.25) is 0 Å². The molecule has 0 saturated carbocycles. The molecule has 9 heteroatoms. The van der Waals surface area contributed by atoms with E-state index in [9.17, 15) is 24.5 Å². The second-order valence-corrected chi connectivity index (χ2v) is 6.08. The highest BCUT2D eigenvalue weighted by molar-refractivity contribution is 6.02. The average Bonchev–Trinajstić information content (AvgIpc) is 2.62. The van der Waals surface area contributed by atoms with Crippen LogP contribution in [0.5, 0.6) is 0 Å². The van der Waals surface area contributed by atoms with Gasteiger partial charge in [-0.2, -0.15) is 0 Å². The van der Waals surface area contributed by atoms with E-state index in [0.717, 1.165) is 11.1 Å². The number of amides is 3. The van der Waals surface area contributed by atoms with Gasteiger partial charge >= 0.3 is 12.0 Å². The average molecular weight is 385 g/mol. The molecule has 0 heterocycles. The fourth-order valence-electron chi connectivity index (χ4n) is 2.40. The van der Waals surface area contributed by atoms with E-state index in [0.29, 0.717) is 5.69 Å². The van der Waals surface area contributed by atoms with Crippen LogP contribution >= 0.6 is 0 Å². The molecule has 9 nitrogen and oxygen atoms in total. The van der Waals surface area contributed by atoms with Gasteiger partial charge in [-0.1, -0.05) is 12.1 Å². The van der Waals surface area contributed by atoms with E-state index in [-0.39, 0.29) is 16.8 Å². The zero-order chi connectivity index (χ0) is 20.8. The summed E-state index contributed by atoms with van der Waals surface area (Å²) in [6.07, 6.45) is 0. The minimum absolute atomic E-state index is 0.0263. The van der Waals surface area contributed by atoms with Gasteiger partial charge in [-0.05, 0) is 50.1 Å². The normalized spacial score (nSPS) is 10.1. The summed E-state index contributed by atoms with van der Waals surface area (Å²) in [4.78, 5) is 46.0. The van der Waals surface area contributed by atoms with Crippen LogP contribution in [-0.4, -0.2) is 29.4 Å². The standard InChI is InChI=1S/C19H19N3O6/c1-11-7-8-14(9-12(11)2)20-19(25)21-17(23)10-28-18(24)15-5-4-6-16(13(15)3)22(26)27/h4-9H,10H2,1-3H3,(H2,20,21,23,25). The maximum Gasteiger partial charge on any atom is 0.339 e. The highest BCUT2D eigenvalue weighted by atomic mass is 16.6. The van der Waals surface area contributed by atoms with E-state index in [1.54, 1.807) is 12.1 Å². The number of imide groups is 1. The minimum atomic E-state index is -0.897. The number of ether oxygens (including phenoxy) is 1. The highest BCUT2D eigenvalue weighted by Gasteiger charge is 2.20. The van der Waals surface area contributed by atoms with E-state index in [4.69, 9.17) is 4.74 Å². The molecule has 0 aliphatic carbocycles. The van der Waals surface area contributed by atoms with Crippen LogP contribution < -0.4 is 10.6 Å². The maximum atomic E-state index is 12.1. The van der Waals surface area contributed by atoms with Gasteiger partial charge in [-0.3, -0.25) is 20.2 Å². The van der Waals surface area contributed by atoms with Crippen LogP contribution in [0.15, 0.2) is 36.4 Å². The summed E-state index contributed by atoms with van der Waals surface area (Å²) in [7, 11) is 0. The third-order valence-electron chi connectivity index (χ3n) is 4.07. The SMILES string of the molecule is Cc1ccc(NC(=O)NC(=O)COC(=O)c2cccc([N+](=O)[O-])c2C)cc1C. The smallest absolute Gasteiger partial charge is 0.339 e. The van der Waals surface area contributed by atoms with Crippen molar-refractivity contribution >= 4 is 29.3 Å². The number of nitrogens with one attached hydrogen (secondary N) is 2. The van der Waals surface area contributed by atoms with Crippen LogP contribution in [0.3, 0.4) is 0 Å². The zero-order valence-corrected chi connectivity index (χ0v) is 15.6. The number of rotatable bonds is 5. The van der Waals surface area contributed by atoms with E-state index < -0.39 is 29.4 Å². The molecule has 3 amide bonds. The molecule has 0 atom stereocenters. The Labute approximate surface area is 160 Å². The van der Waals surface area contributed by atoms with Crippen LogP contribution in [0, 0.1) is 30.9 Å². The number of nitro groups is 1. The molecule has 2 aromatic rings. The van der Waals surface area contributed by atoms with Gasteiger partial charge in [0.05, 0.1) is 10.5 Å². The molecule has 0 aromatic heterocycles. The number of esters is 1. The van der Waals surface area contributed by atoms with Gasteiger partial charge in [-0.15, -0.1) is 0 Å². The molecule has 2 aromatic carbocycles. The molecule has 0 saturated heterocycles. The van der Waals surface area contributed by atoms with Gasteiger partial charge in [0.25, 0.3) is 11.6 Å². The van der Waals surface area contributed by atoms with Gasteiger partial charge < -0.3 is 10.1 Å². The van der Waals surface area contributed by atoms with Crippen molar-refractivity contribution < 1.29 is 24.0 Å². The Balaban J connectivity index is 1.90. The third kappa shape index (κ3) is 5.13. The first-order valence-corrected chi connectivity index (χ1v) is 8.28. The summed E-state index contributed by atoms with van der Waals surface area (Å²) >= 11 is 0. The summed E-state index contributed by atoms with van der Waals surface area (Å²) in [5, 5.41) is 15.5. The summed E-state index contributed by atoms with van der Waals surface area (Å²) in [6, 6.07) is 8.47. The lowest BCUT2D eigenvalue weighted by molar-refractivity contribution is -0.385. The second-order valence-electron chi connectivity index (χ2n) is 6.08. The highest BCUT2D eigenvalue weighted by Crippen LogP contribution is 2.21. The largest absolute Gasteiger partial charge is 0.452 e. The third-order valence-corrected chi connectivity index (χ3v) is 4.07. The molecule has 0 unspecified atom stereocenters. The van der Waals surface area contributed by atoms with E-state index in [1.165, 1.54) is 25.1 Å². The van der Waals surface area contributed by atoms with Crippen molar-refractivity contribution in [1.82, 2.24) is 5.32 Å². The van der Waals surface area contributed by atoms with Crippen molar-refractivity contribution in [2.75, 3.05) is 11.9 Å². The molecule has 0 fully saturated rings. The van der Waals surface area contributed by atoms with Crippen molar-refractivity contribution in [3.8, 4) is 0 Å². The predicted molar refractivity (Wildman–Crippen MR) is 101 cm³/mol. The Bertz CT molecular complexity index is 955. The number of carbonyl (C=O) groups is 3. The van der Waals surface area contributed by atoms with Gasteiger partial charge in [0.2, 0.25) is 0 Å². The topological polar surface area (TPSA) is 128 Å². The fraction of sp³-hybridized carbons (Fsp3) is 0.211. The Hall–Kier alpha value is -3.75. The van der Waals surface area contributed by atoms with E-state index in [2.05, 4.69) is 5.32 Å². The fourth-order valence-corrected chi connectivity index (χ4v) is 2.40. The molecule has 0 aliphatic heterocycles. The Kier molecular flexibility index (Phi) is 6.43. The van der Waals surface area contributed by atoms with Crippen LogP contribution in [-0.2, 0) is 9.53 Å². The Morgan fingerprint density at radius 3 is 2.43 bits per heavy atom. The lowest BCUT2D eigenvalue weighted by atomic mass is 10.1. The van der Waals surface area contributed by atoms with Crippen molar-refractivity contribution in [2.45, 2.75) is 20.8 Å². The molecule has 0 radical (unpaired) electrons. The molecular weight excluding hydrogens is 366 g/mol. The lowest BCUT2D eigenvalue weighted by Crippen LogP contribution is -2.37. The summed E-state index contributed by atoms with van der Waals surface area (Å²) in [5.74, 6) is -1.73. The first-order valence-electron chi connectivity index (χ1n) is 8.28. The molecule has 146 valence electrons. The van der Waals surface area contributed by atoms with Crippen molar-refractivity contribution in [1.29, 1.82) is 0 Å². The molecular formula is C19H19N3O6. The van der Waals surface area contributed by atoms with Crippen LogP contribution in [0.1, 0.15) is 27.0 Å². The number of benzene rings is 2. The number of urea groups is 1. The minimum Gasteiger partial charge on any atom is -0.452 e.